The summed E-state index contributed by atoms with van der Waals surface area (Å²) in [5.41, 5.74) is 1.66. The maximum Gasteiger partial charge on any atom is 0.271 e. The number of para-hydroxylation sites is 1. The summed E-state index contributed by atoms with van der Waals surface area (Å²) in [5, 5.41) is 4.74. The molecule has 0 saturated heterocycles. The Labute approximate surface area is 175 Å². The third kappa shape index (κ3) is 4.08. The summed E-state index contributed by atoms with van der Waals surface area (Å²) < 4.78 is 6.84. The summed E-state index contributed by atoms with van der Waals surface area (Å²) in [6.45, 7) is 1.84. The molecular formula is C22H17BrN2O2S. The van der Waals surface area contributed by atoms with Crippen molar-refractivity contribution in [2.45, 2.75) is 6.92 Å². The predicted octanol–water partition coefficient (Wildman–Crippen LogP) is 6.11. The third-order valence-electron chi connectivity index (χ3n) is 4.20. The largest absolute Gasteiger partial charge is 0.484 e. The molecule has 4 rings (SSSR count). The fraction of sp³-hybridized carbons (Fsp3) is 0.0909. The monoisotopic (exact) mass is 452 g/mol. The number of anilines is 2. The van der Waals surface area contributed by atoms with Crippen molar-refractivity contribution in [2.75, 3.05) is 11.5 Å². The van der Waals surface area contributed by atoms with Crippen molar-refractivity contribution in [1.29, 1.82) is 0 Å². The van der Waals surface area contributed by atoms with E-state index in [-0.39, 0.29) is 12.5 Å². The lowest BCUT2D eigenvalue weighted by Gasteiger charge is -2.20. The number of amides is 1. The highest BCUT2D eigenvalue weighted by Crippen LogP contribution is 2.29. The lowest BCUT2D eigenvalue weighted by Crippen LogP contribution is -2.30. The van der Waals surface area contributed by atoms with Crippen molar-refractivity contribution in [3.8, 4) is 5.75 Å². The van der Waals surface area contributed by atoms with Gasteiger partial charge < -0.3 is 4.74 Å². The van der Waals surface area contributed by atoms with Gasteiger partial charge in [0.2, 0.25) is 0 Å². The number of hydrogen-bond donors (Lipinski definition) is 0. The molecule has 0 atom stereocenters. The van der Waals surface area contributed by atoms with Gasteiger partial charge in [-0.3, -0.25) is 9.69 Å². The maximum absolute atomic E-state index is 13.0. The Morgan fingerprint density at radius 2 is 1.82 bits per heavy atom. The first-order valence-electron chi connectivity index (χ1n) is 8.72. The molecule has 0 N–H and O–H groups in total. The molecule has 0 aliphatic heterocycles. The highest BCUT2D eigenvalue weighted by atomic mass is 79.9. The average Bonchev–Trinajstić information content (AvgIpc) is 3.13. The Morgan fingerprint density at radius 1 is 1.07 bits per heavy atom. The van der Waals surface area contributed by atoms with Crippen LogP contribution < -0.4 is 9.64 Å². The standard InChI is InChI=1S/C22H17BrN2O2S/c1-15-14-28-22(24-15)25(19-5-3-2-4-6-19)21(26)13-27-20-10-8-16-11-18(23)9-7-17(16)12-20/h2-12,14H,13H2,1H3. The van der Waals surface area contributed by atoms with Crippen LogP contribution in [0.4, 0.5) is 10.8 Å². The first-order valence-corrected chi connectivity index (χ1v) is 10.4. The van der Waals surface area contributed by atoms with Crippen LogP contribution in [0.1, 0.15) is 5.69 Å². The third-order valence-corrected chi connectivity index (χ3v) is 5.63. The van der Waals surface area contributed by atoms with Gasteiger partial charge in [0.05, 0.1) is 11.4 Å². The van der Waals surface area contributed by atoms with Gasteiger partial charge in [-0.2, -0.15) is 0 Å². The van der Waals surface area contributed by atoms with Crippen molar-refractivity contribution in [1.82, 2.24) is 4.98 Å². The molecule has 0 bridgehead atoms. The first kappa shape index (κ1) is 18.7. The molecule has 28 heavy (non-hydrogen) atoms. The number of aryl methyl sites for hydroxylation is 1. The molecule has 4 aromatic rings. The topological polar surface area (TPSA) is 42.4 Å². The molecule has 6 heteroatoms. The maximum atomic E-state index is 13.0. The number of fused-ring (bicyclic) bond motifs is 1. The van der Waals surface area contributed by atoms with Gasteiger partial charge in [-0.25, -0.2) is 4.98 Å². The molecule has 0 saturated carbocycles. The summed E-state index contributed by atoms with van der Waals surface area (Å²) in [4.78, 5) is 19.1. The van der Waals surface area contributed by atoms with E-state index in [1.165, 1.54) is 11.3 Å². The molecule has 1 amide bonds. The Balaban J connectivity index is 1.55. The second-order valence-corrected chi connectivity index (χ2v) is 8.03. The van der Waals surface area contributed by atoms with E-state index in [4.69, 9.17) is 4.74 Å². The minimum atomic E-state index is -0.170. The Morgan fingerprint density at radius 3 is 2.57 bits per heavy atom. The molecule has 0 spiro atoms. The average molecular weight is 453 g/mol. The summed E-state index contributed by atoms with van der Waals surface area (Å²) in [7, 11) is 0. The number of rotatable bonds is 5. The zero-order valence-electron chi connectivity index (χ0n) is 15.1. The van der Waals surface area contributed by atoms with Gasteiger partial charge in [0.15, 0.2) is 11.7 Å². The van der Waals surface area contributed by atoms with Gasteiger partial charge in [-0.05, 0) is 54.1 Å². The molecule has 3 aromatic carbocycles. The Hall–Kier alpha value is -2.70. The number of hydrogen-bond acceptors (Lipinski definition) is 4. The van der Waals surface area contributed by atoms with Gasteiger partial charge in [-0.15, -0.1) is 11.3 Å². The highest BCUT2D eigenvalue weighted by Gasteiger charge is 2.21. The van der Waals surface area contributed by atoms with Crippen molar-refractivity contribution in [2.24, 2.45) is 0 Å². The molecule has 0 aliphatic carbocycles. The predicted molar refractivity (Wildman–Crippen MR) is 118 cm³/mol. The molecule has 1 aromatic heterocycles. The van der Waals surface area contributed by atoms with Crippen molar-refractivity contribution in [3.63, 3.8) is 0 Å². The van der Waals surface area contributed by atoms with E-state index in [1.54, 1.807) is 4.90 Å². The zero-order valence-corrected chi connectivity index (χ0v) is 17.5. The second kappa shape index (κ2) is 8.12. The lowest BCUT2D eigenvalue weighted by molar-refractivity contribution is -0.119. The minimum absolute atomic E-state index is 0.0739. The van der Waals surface area contributed by atoms with Gasteiger partial charge in [-0.1, -0.05) is 46.3 Å². The van der Waals surface area contributed by atoms with Crippen LogP contribution in [0.25, 0.3) is 10.8 Å². The number of benzene rings is 3. The molecule has 4 nitrogen and oxygen atoms in total. The quantitative estimate of drug-likeness (QED) is 0.366. The minimum Gasteiger partial charge on any atom is -0.484 e. The fourth-order valence-electron chi connectivity index (χ4n) is 2.88. The van der Waals surface area contributed by atoms with Gasteiger partial charge in [0.1, 0.15) is 5.75 Å². The normalized spacial score (nSPS) is 10.8. The summed E-state index contributed by atoms with van der Waals surface area (Å²) in [6.07, 6.45) is 0. The summed E-state index contributed by atoms with van der Waals surface area (Å²) >= 11 is 4.92. The number of carbonyl (C=O) groups is 1. The smallest absolute Gasteiger partial charge is 0.271 e. The summed E-state index contributed by atoms with van der Waals surface area (Å²) in [5.74, 6) is 0.489. The van der Waals surface area contributed by atoms with Crippen LogP contribution in [0.3, 0.4) is 0 Å². The van der Waals surface area contributed by atoms with E-state index in [2.05, 4.69) is 20.9 Å². The summed E-state index contributed by atoms with van der Waals surface area (Å²) in [6, 6.07) is 21.4. The zero-order chi connectivity index (χ0) is 19.5. The Bertz CT molecular complexity index is 1130. The lowest BCUT2D eigenvalue weighted by atomic mass is 10.1. The van der Waals surface area contributed by atoms with Crippen LogP contribution in [-0.2, 0) is 4.79 Å². The molecule has 0 fully saturated rings. The van der Waals surface area contributed by atoms with Gasteiger partial charge in [0, 0.05) is 9.85 Å². The number of nitrogens with zero attached hydrogens (tertiary/aromatic N) is 2. The molecule has 140 valence electrons. The number of halogens is 1. The van der Waals surface area contributed by atoms with Crippen LogP contribution in [0.15, 0.2) is 76.6 Å². The van der Waals surface area contributed by atoms with Gasteiger partial charge in [0.25, 0.3) is 5.91 Å². The fourth-order valence-corrected chi connectivity index (χ4v) is 4.09. The number of ether oxygens (including phenoxy) is 1. The van der Waals surface area contributed by atoms with E-state index in [0.29, 0.717) is 10.9 Å². The molecule has 0 radical (unpaired) electrons. The van der Waals surface area contributed by atoms with E-state index >= 15 is 0 Å². The number of aromatic nitrogens is 1. The van der Waals surface area contributed by atoms with Crippen LogP contribution in [0.2, 0.25) is 0 Å². The van der Waals surface area contributed by atoms with E-state index < -0.39 is 0 Å². The molecule has 0 aliphatic rings. The second-order valence-electron chi connectivity index (χ2n) is 6.28. The number of carbonyl (C=O) groups excluding carboxylic acids is 1. The van der Waals surface area contributed by atoms with Gasteiger partial charge >= 0.3 is 0 Å². The van der Waals surface area contributed by atoms with E-state index in [9.17, 15) is 4.79 Å². The van der Waals surface area contributed by atoms with E-state index in [0.717, 1.165) is 26.6 Å². The van der Waals surface area contributed by atoms with Crippen molar-refractivity contribution < 1.29 is 9.53 Å². The first-order chi connectivity index (χ1) is 13.6. The van der Waals surface area contributed by atoms with E-state index in [1.807, 2.05) is 79.0 Å². The van der Waals surface area contributed by atoms with Crippen LogP contribution in [0, 0.1) is 6.92 Å². The van der Waals surface area contributed by atoms with Crippen LogP contribution in [-0.4, -0.2) is 17.5 Å². The molecule has 1 heterocycles. The van der Waals surface area contributed by atoms with Crippen LogP contribution in [0.5, 0.6) is 5.75 Å². The highest BCUT2D eigenvalue weighted by molar-refractivity contribution is 9.10. The van der Waals surface area contributed by atoms with Crippen molar-refractivity contribution in [3.05, 3.63) is 82.3 Å². The SMILES string of the molecule is Cc1csc(N(C(=O)COc2ccc3cc(Br)ccc3c2)c2ccccc2)n1. The molecular weight excluding hydrogens is 436 g/mol. The molecule has 0 unspecified atom stereocenters. The Kier molecular flexibility index (Phi) is 5.41. The van der Waals surface area contributed by atoms with Crippen LogP contribution >= 0.6 is 27.3 Å². The van der Waals surface area contributed by atoms with Crippen molar-refractivity contribution >= 4 is 54.8 Å². The number of thiazole rings is 1.